The van der Waals surface area contributed by atoms with E-state index in [4.69, 9.17) is 39.9 Å². The minimum absolute atomic E-state index is 0. The van der Waals surface area contributed by atoms with Crippen molar-refractivity contribution in [3.63, 3.8) is 0 Å². The number of nitrogens with zero attached hydrogens (tertiary/aromatic N) is 3. The molecule has 1 aliphatic heterocycles. The molecule has 3 N–H and O–H groups in total. The van der Waals surface area contributed by atoms with Crippen LogP contribution >= 0.6 is 34.8 Å². The van der Waals surface area contributed by atoms with E-state index < -0.39 is 5.97 Å². The van der Waals surface area contributed by atoms with Crippen LogP contribution in [0.5, 0.6) is 0 Å². The van der Waals surface area contributed by atoms with E-state index in [0.29, 0.717) is 29.6 Å². The maximum absolute atomic E-state index is 12.4. The van der Waals surface area contributed by atoms with Gasteiger partial charge in [0.15, 0.2) is 5.69 Å². The zero-order valence-electron chi connectivity index (χ0n) is 16.0. The Morgan fingerprint density at radius 3 is 2.43 bits per heavy atom. The predicted molar refractivity (Wildman–Crippen MR) is 101 cm³/mol. The van der Waals surface area contributed by atoms with Crippen LogP contribution in [0.1, 0.15) is 28.1 Å². The van der Waals surface area contributed by atoms with Gasteiger partial charge < -0.3 is 21.7 Å². The summed E-state index contributed by atoms with van der Waals surface area (Å²) >= 11 is 17.9. The van der Waals surface area contributed by atoms with Crippen molar-refractivity contribution in [2.24, 2.45) is 11.8 Å². The molecule has 0 spiro atoms. The summed E-state index contributed by atoms with van der Waals surface area (Å²) in [6.45, 7) is 3.02. The van der Waals surface area contributed by atoms with Gasteiger partial charge in [-0.25, -0.2) is 14.8 Å². The molecule has 4 rings (SSSR count). The van der Waals surface area contributed by atoms with Crippen LogP contribution in [0.3, 0.4) is 0 Å². The third kappa shape index (κ3) is 3.72. The molecular formula is C16H15Cl3LiN5O3. The number of hydrogen-bond acceptors (Lipinski definition) is 5. The molecule has 1 saturated carbocycles. The Balaban J connectivity index is 0.00000150. The molecule has 2 fully saturated rings. The van der Waals surface area contributed by atoms with Crippen LogP contribution in [0.25, 0.3) is 0 Å². The van der Waals surface area contributed by atoms with E-state index in [1.54, 1.807) is 6.92 Å². The Hall–Kier alpha value is -1.43. The number of carbonyl (C=O) groups excluding carboxylic acids is 1. The molecule has 1 saturated heterocycles. The second kappa shape index (κ2) is 7.77. The van der Waals surface area contributed by atoms with Gasteiger partial charge in [0.1, 0.15) is 11.5 Å². The molecule has 1 aliphatic carbocycles. The zero-order valence-corrected chi connectivity index (χ0v) is 17.2. The molecule has 0 bridgehead atoms. The minimum atomic E-state index is -1.16. The molecule has 8 nitrogen and oxygen atoms in total. The van der Waals surface area contributed by atoms with E-state index in [9.17, 15) is 9.59 Å². The van der Waals surface area contributed by atoms with Crippen molar-refractivity contribution in [3.05, 3.63) is 38.5 Å². The SMILES string of the molecule is Cc1[nH]c(C(=O)NC2[C@H]3CN(c4cc(C(=O)O)nc(Cl)n4)C[C@@H]23)c(Cl)c1Cl.[H-].[Li+]. The zero-order chi connectivity index (χ0) is 19.5. The van der Waals surface area contributed by atoms with Crippen LogP contribution in [0.15, 0.2) is 6.07 Å². The summed E-state index contributed by atoms with van der Waals surface area (Å²) < 4.78 is 0. The van der Waals surface area contributed by atoms with Gasteiger partial charge >= 0.3 is 24.8 Å². The number of aryl methyl sites for hydroxylation is 1. The second-order valence-corrected chi connectivity index (χ2v) is 7.76. The Morgan fingerprint density at radius 2 is 1.89 bits per heavy atom. The maximum atomic E-state index is 12.4. The van der Waals surface area contributed by atoms with E-state index in [0.717, 1.165) is 0 Å². The van der Waals surface area contributed by atoms with Gasteiger partial charge in [-0.15, -0.1) is 0 Å². The fourth-order valence-electron chi connectivity index (χ4n) is 3.56. The molecule has 28 heavy (non-hydrogen) atoms. The fourth-order valence-corrected chi connectivity index (χ4v) is 4.15. The molecule has 144 valence electrons. The summed E-state index contributed by atoms with van der Waals surface area (Å²) in [6, 6.07) is 1.43. The number of aromatic nitrogens is 3. The third-order valence-corrected chi connectivity index (χ3v) is 6.12. The van der Waals surface area contributed by atoms with E-state index in [1.807, 2.05) is 4.90 Å². The average molecular weight is 439 g/mol. The van der Waals surface area contributed by atoms with Gasteiger partial charge in [-0.05, 0) is 18.5 Å². The number of carboxylic acid groups (broad SMARTS) is 1. The monoisotopic (exact) mass is 437 g/mol. The summed E-state index contributed by atoms with van der Waals surface area (Å²) in [4.78, 5) is 36.2. The average Bonchev–Trinajstić information content (AvgIpc) is 2.95. The van der Waals surface area contributed by atoms with Crippen molar-refractivity contribution in [2.75, 3.05) is 18.0 Å². The summed E-state index contributed by atoms with van der Waals surface area (Å²) in [7, 11) is 0. The summed E-state index contributed by atoms with van der Waals surface area (Å²) in [5, 5.41) is 12.5. The van der Waals surface area contributed by atoms with Crippen molar-refractivity contribution >= 4 is 52.5 Å². The number of amides is 1. The van der Waals surface area contributed by atoms with E-state index in [1.165, 1.54) is 6.07 Å². The number of piperidine rings is 1. The first-order valence-electron chi connectivity index (χ1n) is 8.13. The number of halogens is 3. The van der Waals surface area contributed by atoms with Crippen molar-refractivity contribution in [1.82, 2.24) is 20.3 Å². The first kappa shape index (κ1) is 21.3. The molecule has 1 amide bonds. The molecule has 2 aromatic rings. The smallest absolute Gasteiger partial charge is 1.00 e. The maximum Gasteiger partial charge on any atom is 1.00 e. The van der Waals surface area contributed by atoms with E-state index in [-0.39, 0.29) is 65.8 Å². The molecule has 12 heteroatoms. The second-order valence-electron chi connectivity index (χ2n) is 6.67. The number of aromatic amines is 1. The quantitative estimate of drug-likeness (QED) is 0.449. The van der Waals surface area contributed by atoms with Gasteiger partial charge in [0.2, 0.25) is 5.28 Å². The molecular weight excluding hydrogens is 424 g/mol. The summed E-state index contributed by atoms with van der Waals surface area (Å²) in [6.07, 6.45) is 0. The number of rotatable bonds is 4. The Kier molecular flexibility index (Phi) is 5.90. The van der Waals surface area contributed by atoms with Crippen LogP contribution in [-0.2, 0) is 0 Å². The number of fused-ring (bicyclic) bond motifs is 1. The Morgan fingerprint density at radius 1 is 1.25 bits per heavy atom. The van der Waals surface area contributed by atoms with Crippen LogP contribution in [-0.4, -0.2) is 51.1 Å². The molecule has 3 heterocycles. The number of anilines is 1. The van der Waals surface area contributed by atoms with Crippen LogP contribution < -0.4 is 29.1 Å². The molecule has 2 aliphatic rings. The van der Waals surface area contributed by atoms with Gasteiger partial charge in [-0.2, -0.15) is 0 Å². The molecule has 1 unspecified atom stereocenters. The Bertz CT molecular complexity index is 964. The Labute approximate surface area is 188 Å². The fraction of sp³-hybridized carbons (Fsp3) is 0.375. The largest absolute Gasteiger partial charge is 1.00 e. The van der Waals surface area contributed by atoms with Gasteiger partial charge in [-0.1, -0.05) is 23.2 Å². The van der Waals surface area contributed by atoms with E-state index >= 15 is 0 Å². The predicted octanol–water partition coefficient (Wildman–Crippen LogP) is -0.247. The van der Waals surface area contributed by atoms with Gasteiger partial charge in [0, 0.05) is 42.7 Å². The number of carboxylic acids is 1. The number of H-pyrrole nitrogens is 1. The van der Waals surface area contributed by atoms with Gasteiger partial charge in [0.05, 0.1) is 10.0 Å². The number of nitrogens with one attached hydrogen (secondary N) is 2. The molecule has 0 radical (unpaired) electrons. The van der Waals surface area contributed by atoms with Gasteiger partial charge in [0.25, 0.3) is 5.91 Å². The molecule has 2 aromatic heterocycles. The molecule has 3 atom stereocenters. The van der Waals surface area contributed by atoms with Crippen LogP contribution in [0.4, 0.5) is 5.82 Å². The molecule has 0 aromatic carbocycles. The first-order valence-corrected chi connectivity index (χ1v) is 9.27. The van der Waals surface area contributed by atoms with E-state index in [2.05, 4.69) is 20.3 Å². The number of carbonyl (C=O) groups is 2. The first-order chi connectivity index (χ1) is 12.8. The topological polar surface area (TPSA) is 111 Å². The summed E-state index contributed by atoms with van der Waals surface area (Å²) in [5.41, 5.74) is 0.752. The van der Waals surface area contributed by atoms with Crippen molar-refractivity contribution in [3.8, 4) is 0 Å². The number of hydrogen-bond donors (Lipinski definition) is 3. The number of aromatic carboxylic acids is 1. The summed E-state index contributed by atoms with van der Waals surface area (Å²) in [5.74, 6) is -0.479. The normalized spacial score (nSPS) is 22.4. The van der Waals surface area contributed by atoms with Gasteiger partial charge in [-0.3, -0.25) is 4.79 Å². The van der Waals surface area contributed by atoms with Crippen LogP contribution in [0, 0.1) is 18.8 Å². The third-order valence-electron chi connectivity index (χ3n) is 5.00. The minimum Gasteiger partial charge on any atom is -1.00 e. The van der Waals surface area contributed by atoms with Crippen molar-refractivity contribution in [2.45, 2.75) is 13.0 Å². The van der Waals surface area contributed by atoms with Crippen molar-refractivity contribution < 1.29 is 35.0 Å². The van der Waals surface area contributed by atoms with Crippen LogP contribution in [0.2, 0.25) is 15.3 Å². The van der Waals surface area contributed by atoms with Crippen molar-refractivity contribution in [1.29, 1.82) is 0 Å². The standard InChI is InChI=1S/C16H14Cl3N5O3.Li.H/c1-5-10(17)11(18)13(20-5)14(25)23-12-6-3-24(4-7(6)12)9-2-8(15(26)27)21-16(19)22-9;;/h2,6-7,12,20H,3-4H2,1H3,(H,23,25)(H,26,27);;/q;+1;-1/t6-,7+,12?;;.